The SMILES string of the molecule is CN=C(NC)NCCC[C@H](N)C=O. The summed E-state index contributed by atoms with van der Waals surface area (Å²) in [5.74, 6) is 0.750. The van der Waals surface area contributed by atoms with E-state index in [-0.39, 0.29) is 6.04 Å². The third-order valence-electron chi connectivity index (χ3n) is 1.64. The van der Waals surface area contributed by atoms with Crippen molar-refractivity contribution in [2.45, 2.75) is 18.9 Å². The first-order valence-corrected chi connectivity index (χ1v) is 4.33. The van der Waals surface area contributed by atoms with Gasteiger partial charge >= 0.3 is 0 Å². The van der Waals surface area contributed by atoms with E-state index < -0.39 is 0 Å². The predicted octanol–water partition coefficient (Wildman–Crippen LogP) is -0.912. The maximum Gasteiger partial charge on any atom is 0.190 e. The third-order valence-corrected chi connectivity index (χ3v) is 1.64. The fourth-order valence-electron chi connectivity index (χ4n) is 0.892. The van der Waals surface area contributed by atoms with E-state index in [0.717, 1.165) is 25.2 Å². The standard InChI is InChI=1S/C8H18N4O/c1-10-8(11-2)12-5-3-4-7(9)6-13/h6-7H,3-5,9H2,1-2H3,(H2,10,11,12)/t7-/m0/s1. The van der Waals surface area contributed by atoms with Crippen LogP contribution in [0.25, 0.3) is 0 Å². The number of nitrogens with zero attached hydrogens (tertiary/aromatic N) is 1. The van der Waals surface area contributed by atoms with Crippen molar-refractivity contribution < 1.29 is 4.79 Å². The molecule has 0 rings (SSSR count). The van der Waals surface area contributed by atoms with Gasteiger partial charge in [0.1, 0.15) is 6.29 Å². The first kappa shape index (κ1) is 11.9. The first-order valence-electron chi connectivity index (χ1n) is 4.33. The van der Waals surface area contributed by atoms with Crippen LogP contribution in [0.4, 0.5) is 0 Å². The number of hydrogen-bond acceptors (Lipinski definition) is 3. The van der Waals surface area contributed by atoms with Gasteiger partial charge < -0.3 is 21.2 Å². The quantitative estimate of drug-likeness (QED) is 0.225. The predicted molar refractivity (Wildman–Crippen MR) is 53.7 cm³/mol. The molecule has 0 heterocycles. The van der Waals surface area contributed by atoms with Gasteiger partial charge in [-0.05, 0) is 12.8 Å². The molecule has 0 radical (unpaired) electrons. The highest BCUT2D eigenvalue weighted by atomic mass is 16.1. The van der Waals surface area contributed by atoms with E-state index in [4.69, 9.17) is 5.73 Å². The monoisotopic (exact) mass is 186 g/mol. The summed E-state index contributed by atoms with van der Waals surface area (Å²) in [6, 6.07) is -0.335. The fraction of sp³-hybridized carbons (Fsp3) is 0.750. The van der Waals surface area contributed by atoms with Gasteiger partial charge in [-0.2, -0.15) is 0 Å². The van der Waals surface area contributed by atoms with Crippen molar-refractivity contribution in [3.05, 3.63) is 0 Å². The molecule has 76 valence electrons. The van der Waals surface area contributed by atoms with Gasteiger partial charge in [0.2, 0.25) is 0 Å². The van der Waals surface area contributed by atoms with E-state index in [1.807, 2.05) is 0 Å². The smallest absolute Gasteiger partial charge is 0.190 e. The Hall–Kier alpha value is -1.10. The molecule has 0 aliphatic carbocycles. The molecular weight excluding hydrogens is 168 g/mol. The van der Waals surface area contributed by atoms with Crippen LogP contribution in [0.3, 0.4) is 0 Å². The van der Waals surface area contributed by atoms with Crippen LogP contribution in [0, 0.1) is 0 Å². The van der Waals surface area contributed by atoms with Crippen molar-refractivity contribution in [1.29, 1.82) is 0 Å². The van der Waals surface area contributed by atoms with Gasteiger partial charge in [-0.3, -0.25) is 4.99 Å². The maximum atomic E-state index is 10.2. The number of hydrogen-bond donors (Lipinski definition) is 3. The van der Waals surface area contributed by atoms with Crippen LogP contribution in [0.1, 0.15) is 12.8 Å². The lowest BCUT2D eigenvalue weighted by atomic mass is 10.2. The normalized spacial score (nSPS) is 13.6. The second kappa shape index (κ2) is 7.54. The van der Waals surface area contributed by atoms with Gasteiger partial charge in [0, 0.05) is 20.6 Å². The molecule has 0 unspecified atom stereocenters. The second-order valence-corrected chi connectivity index (χ2v) is 2.69. The Bertz CT molecular complexity index is 170. The molecule has 1 atom stereocenters. The summed E-state index contributed by atoms with van der Waals surface area (Å²) in [7, 11) is 3.50. The van der Waals surface area contributed by atoms with Crippen LogP contribution in [-0.2, 0) is 4.79 Å². The molecule has 0 aromatic heterocycles. The molecule has 5 heteroatoms. The Kier molecular flexibility index (Phi) is 6.91. The number of nitrogens with two attached hydrogens (primary N) is 1. The van der Waals surface area contributed by atoms with Crippen LogP contribution >= 0.6 is 0 Å². The minimum atomic E-state index is -0.335. The molecule has 0 aliphatic heterocycles. The Morgan fingerprint density at radius 2 is 2.38 bits per heavy atom. The molecule has 0 aromatic rings. The zero-order chi connectivity index (χ0) is 10.1. The minimum absolute atomic E-state index is 0.335. The summed E-state index contributed by atoms with van der Waals surface area (Å²) >= 11 is 0. The summed E-state index contributed by atoms with van der Waals surface area (Å²) in [4.78, 5) is 14.1. The zero-order valence-corrected chi connectivity index (χ0v) is 8.21. The summed E-state index contributed by atoms with van der Waals surface area (Å²) in [6.45, 7) is 0.773. The van der Waals surface area contributed by atoms with Crippen LogP contribution in [0.5, 0.6) is 0 Å². The van der Waals surface area contributed by atoms with E-state index in [9.17, 15) is 4.79 Å². The Morgan fingerprint density at radius 3 is 2.85 bits per heavy atom. The van der Waals surface area contributed by atoms with Crippen molar-refractivity contribution >= 4 is 12.2 Å². The maximum absolute atomic E-state index is 10.2. The van der Waals surface area contributed by atoms with Crippen LogP contribution in [0.15, 0.2) is 4.99 Å². The van der Waals surface area contributed by atoms with Gasteiger partial charge in [-0.1, -0.05) is 0 Å². The van der Waals surface area contributed by atoms with Crippen molar-refractivity contribution in [2.24, 2.45) is 10.7 Å². The minimum Gasteiger partial charge on any atom is -0.359 e. The number of nitrogens with one attached hydrogen (secondary N) is 2. The summed E-state index contributed by atoms with van der Waals surface area (Å²) in [5, 5.41) is 5.96. The van der Waals surface area contributed by atoms with Crippen LogP contribution < -0.4 is 16.4 Å². The van der Waals surface area contributed by atoms with Gasteiger partial charge in [0.05, 0.1) is 6.04 Å². The molecule has 4 N–H and O–H groups in total. The molecular formula is C8H18N4O. The lowest BCUT2D eigenvalue weighted by Crippen LogP contribution is -2.35. The number of carbonyl (C=O) groups excluding carboxylic acids is 1. The zero-order valence-electron chi connectivity index (χ0n) is 8.21. The number of aliphatic imine (C=N–C) groups is 1. The van der Waals surface area contributed by atoms with Crippen molar-refractivity contribution in [2.75, 3.05) is 20.6 Å². The summed E-state index contributed by atoms with van der Waals surface area (Å²) < 4.78 is 0. The number of carbonyl (C=O) groups is 1. The molecule has 0 amide bonds. The highest BCUT2D eigenvalue weighted by Gasteiger charge is 1.99. The molecule has 5 nitrogen and oxygen atoms in total. The van der Waals surface area contributed by atoms with Gasteiger partial charge in [0.15, 0.2) is 5.96 Å². The van der Waals surface area contributed by atoms with E-state index in [1.54, 1.807) is 14.1 Å². The van der Waals surface area contributed by atoms with Crippen LogP contribution in [0.2, 0.25) is 0 Å². The van der Waals surface area contributed by atoms with Crippen molar-refractivity contribution in [3.63, 3.8) is 0 Å². The van der Waals surface area contributed by atoms with Gasteiger partial charge in [-0.25, -0.2) is 0 Å². The molecule has 0 spiro atoms. The Balaban J connectivity index is 3.40. The van der Waals surface area contributed by atoms with Crippen molar-refractivity contribution in [1.82, 2.24) is 10.6 Å². The average molecular weight is 186 g/mol. The largest absolute Gasteiger partial charge is 0.359 e. The van der Waals surface area contributed by atoms with Gasteiger partial charge in [-0.15, -0.1) is 0 Å². The molecule has 13 heavy (non-hydrogen) atoms. The fourth-order valence-corrected chi connectivity index (χ4v) is 0.892. The molecule has 0 bridgehead atoms. The van der Waals surface area contributed by atoms with E-state index >= 15 is 0 Å². The highest BCUT2D eigenvalue weighted by Crippen LogP contribution is 1.89. The van der Waals surface area contributed by atoms with E-state index in [0.29, 0.717) is 6.42 Å². The second-order valence-electron chi connectivity index (χ2n) is 2.69. The molecule has 0 saturated heterocycles. The molecule has 0 aromatic carbocycles. The summed E-state index contributed by atoms with van der Waals surface area (Å²) in [6.07, 6.45) is 2.34. The molecule has 0 aliphatic rings. The Morgan fingerprint density at radius 1 is 1.69 bits per heavy atom. The first-order chi connectivity index (χ1) is 6.24. The molecule has 0 fully saturated rings. The summed E-state index contributed by atoms with van der Waals surface area (Å²) in [5.41, 5.74) is 5.41. The van der Waals surface area contributed by atoms with Gasteiger partial charge in [0.25, 0.3) is 0 Å². The number of rotatable bonds is 5. The van der Waals surface area contributed by atoms with Crippen LogP contribution in [-0.4, -0.2) is 38.9 Å². The number of guanidine groups is 1. The van der Waals surface area contributed by atoms with Crippen molar-refractivity contribution in [3.8, 4) is 0 Å². The number of aldehydes is 1. The highest BCUT2D eigenvalue weighted by molar-refractivity contribution is 5.79. The lowest BCUT2D eigenvalue weighted by molar-refractivity contribution is -0.109. The molecule has 0 saturated carbocycles. The lowest BCUT2D eigenvalue weighted by Gasteiger charge is -2.08. The average Bonchev–Trinajstić information content (AvgIpc) is 2.18. The van der Waals surface area contributed by atoms with E-state index in [2.05, 4.69) is 15.6 Å². The Labute approximate surface area is 78.8 Å². The third kappa shape index (κ3) is 6.10. The van der Waals surface area contributed by atoms with E-state index in [1.165, 1.54) is 0 Å². The topological polar surface area (TPSA) is 79.5 Å².